The number of nitrogens with one attached hydrogen (secondary N) is 1. The first-order valence-electron chi connectivity index (χ1n) is 5.84. The van der Waals surface area contributed by atoms with E-state index in [1.54, 1.807) is 0 Å². The highest BCUT2D eigenvalue weighted by molar-refractivity contribution is 9.10. The Morgan fingerprint density at radius 3 is 2.55 bits per heavy atom. The lowest BCUT2D eigenvalue weighted by atomic mass is 10.1. The van der Waals surface area contributed by atoms with Crippen LogP contribution in [0.5, 0.6) is 0 Å². The molecule has 0 spiro atoms. The number of halogens is 1. The van der Waals surface area contributed by atoms with Crippen molar-refractivity contribution in [1.29, 1.82) is 0 Å². The predicted molar refractivity (Wildman–Crippen MR) is 66.7 cm³/mol. The van der Waals surface area contributed by atoms with Gasteiger partial charge < -0.3 is 24.8 Å². The number of hydrogen-bond donors (Lipinski definition) is 4. The zero-order valence-electron chi connectivity index (χ0n) is 10.5. The van der Waals surface area contributed by atoms with Gasteiger partial charge in [0.15, 0.2) is 12.5 Å². The second-order valence-electron chi connectivity index (χ2n) is 4.46. The third-order valence-electron chi connectivity index (χ3n) is 3.27. The first-order chi connectivity index (χ1) is 9.42. The van der Waals surface area contributed by atoms with Gasteiger partial charge in [0.1, 0.15) is 23.1 Å². The third-order valence-corrected chi connectivity index (χ3v) is 4.14. The number of urea groups is 1. The van der Waals surface area contributed by atoms with Crippen molar-refractivity contribution >= 4 is 27.9 Å². The summed E-state index contributed by atoms with van der Waals surface area (Å²) >= 11 is 3.08. The first-order valence-corrected chi connectivity index (χ1v) is 6.76. The van der Waals surface area contributed by atoms with E-state index in [9.17, 15) is 19.8 Å². The van der Waals surface area contributed by atoms with E-state index < -0.39 is 54.1 Å². The molecule has 6 atom stereocenters. The molecule has 2 unspecified atom stereocenters. The number of rotatable bonds is 3. The van der Waals surface area contributed by atoms with Crippen LogP contribution < -0.4 is 5.32 Å². The number of amides is 3. The molecule has 0 aliphatic carbocycles. The molecule has 2 aliphatic heterocycles. The van der Waals surface area contributed by atoms with Crippen LogP contribution in [0.15, 0.2) is 0 Å². The number of hydrogen-bond acceptors (Lipinski definition) is 7. The van der Waals surface area contributed by atoms with Crippen LogP contribution in [0.4, 0.5) is 4.79 Å². The van der Waals surface area contributed by atoms with E-state index in [0.29, 0.717) is 0 Å². The molecule has 2 saturated heterocycles. The monoisotopic (exact) mass is 354 g/mol. The molecule has 4 N–H and O–H groups in total. The van der Waals surface area contributed by atoms with Crippen molar-refractivity contribution in [2.75, 3.05) is 13.7 Å². The molecule has 10 heteroatoms. The Morgan fingerprint density at radius 2 is 2.05 bits per heavy atom. The molecular formula is C10H15BrN2O7. The number of carbonyl (C=O) groups is 2. The zero-order chi connectivity index (χ0) is 15.0. The van der Waals surface area contributed by atoms with E-state index in [2.05, 4.69) is 21.2 Å². The van der Waals surface area contributed by atoms with Crippen LogP contribution in [0.25, 0.3) is 0 Å². The molecule has 0 saturated carbocycles. The molecular weight excluding hydrogens is 340 g/mol. The minimum atomic E-state index is -1.43. The van der Waals surface area contributed by atoms with Crippen LogP contribution in [0.1, 0.15) is 0 Å². The Bertz CT molecular complexity index is 409. The van der Waals surface area contributed by atoms with Crippen molar-refractivity contribution in [3.63, 3.8) is 0 Å². The lowest BCUT2D eigenvalue weighted by molar-refractivity contribution is -0.154. The molecule has 0 aromatic carbocycles. The molecule has 2 rings (SSSR count). The normalized spacial score (nSPS) is 42.0. The maximum atomic E-state index is 11.9. The standard InChI is InChI=1S/C10H15BrN2O7/c1-19-8-4(11)7(17)12-10(18)13(8)9-6(16)5(15)3(2-14)20-9/h3-6,8-9,14-16H,2H2,1H3,(H,12,17,18)/t3-,4?,5-,6-,8?,9-/m1/s1. The van der Waals surface area contributed by atoms with Gasteiger partial charge in [0, 0.05) is 7.11 Å². The van der Waals surface area contributed by atoms with E-state index in [0.717, 1.165) is 4.90 Å². The molecule has 2 aliphatic rings. The van der Waals surface area contributed by atoms with Gasteiger partial charge in [-0.2, -0.15) is 0 Å². The molecule has 114 valence electrons. The maximum absolute atomic E-state index is 11.9. The van der Waals surface area contributed by atoms with Gasteiger partial charge in [-0.25, -0.2) is 4.79 Å². The molecule has 3 amide bonds. The highest BCUT2D eigenvalue weighted by Crippen LogP contribution is 2.29. The van der Waals surface area contributed by atoms with Crippen molar-refractivity contribution < 1.29 is 34.4 Å². The summed E-state index contributed by atoms with van der Waals surface area (Å²) < 4.78 is 10.3. The minimum Gasteiger partial charge on any atom is -0.394 e. The van der Waals surface area contributed by atoms with E-state index in [-0.39, 0.29) is 0 Å². The Morgan fingerprint density at radius 1 is 1.40 bits per heavy atom. The number of methoxy groups -OCH3 is 1. The van der Waals surface area contributed by atoms with Crippen LogP contribution in [0.2, 0.25) is 0 Å². The Hall–Kier alpha value is -0.780. The van der Waals surface area contributed by atoms with Crippen molar-refractivity contribution in [3.8, 4) is 0 Å². The van der Waals surface area contributed by atoms with Crippen molar-refractivity contribution in [2.45, 2.75) is 35.6 Å². The number of aliphatic hydroxyl groups excluding tert-OH is 3. The highest BCUT2D eigenvalue weighted by atomic mass is 79.9. The fraction of sp³-hybridized carbons (Fsp3) is 0.800. The van der Waals surface area contributed by atoms with Crippen LogP contribution >= 0.6 is 15.9 Å². The molecule has 9 nitrogen and oxygen atoms in total. The fourth-order valence-corrected chi connectivity index (χ4v) is 2.81. The summed E-state index contributed by atoms with van der Waals surface area (Å²) in [6.45, 7) is -0.515. The summed E-state index contributed by atoms with van der Waals surface area (Å²) in [5, 5.41) is 30.8. The van der Waals surface area contributed by atoms with Crippen molar-refractivity contribution in [1.82, 2.24) is 10.2 Å². The smallest absolute Gasteiger partial charge is 0.328 e. The maximum Gasteiger partial charge on any atom is 0.328 e. The van der Waals surface area contributed by atoms with Crippen molar-refractivity contribution in [2.24, 2.45) is 0 Å². The van der Waals surface area contributed by atoms with Gasteiger partial charge in [-0.1, -0.05) is 15.9 Å². The largest absolute Gasteiger partial charge is 0.394 e. The lowest BCUT2D eigenvalue weighted by Crippen LogP contribution is -2.66. The second kappa shape index (κ2) is 5.92. The number of aliphatic hydroxyl groups is 3. The van der Waals surface area contributed by atoms with E-state index in [1.807, 2.05) is 0 Å². The third kappa shape index (κ3) is 2.43. The summed E-state index contributed by atoms with van der Waals surface area (Å²) in [5.74, 6) is -0.579. The summed E-state index contributed by atoms with van der Waals surface area (Å²) in [4.78, 5) is 23.6. The highest BCUT2D eigenvalue weighted by Gasteiger charge is 2.52. The summed E-state index contributed by atoms with van der Waals surface area (Å²) in [6, 6.07) is -0.813. The molecule has 0 radical (unpaired) electrons. The Labute approximate surface area is 122 Å². The Balaban J connectivity index is 2.25. The van der Waals surface area contributed by atoms with Gasteiger partial charge in [-0.15, -0.1) is 0 Å². The SMILES string of the molecule is COC1C(Br)C(=O)NC(=O)N1[C@@H]1O[C@H](CO)[C@@H](O)[C@H]1O. The topological polar surface area (TPSA) is 129 Å². The predicted octanol–water partition coefficient (Wildman–Crippen LogP) is -2.29. The van der Waals surface area contributed by atoms with Gasteiger partial charge in [-0.3, -0.25) is 15.0 Å². The zero-order valence-corrected chi connectivity index (χ0v) is 12.1. The number of carbonyl (C=O) groups excluding carboxylic acids is 2. The number of imide groups is 1. The van der Waals surface area contributed by atoms with Gasteiger partial charge >= 0.3 is 6.03 Å². The summed E-state index contributed by atoms with van der Waals surface area (Å²) in [5.41, 5.74) is 0. The Kier molecular flexibility index (Phi) is 4.62. The molecule has 0 aromatic heterocycles. The number of ether oxygens (including phenoxy) is 2. The second-order valence-corrected chi connectivity index (χ2v) is 5.45. The minimum absolute atomic E-state index is 0.515. The van der Waals surface area contributed by atoms with Crippen LogP contribution in [0, 0.1) is 0 Å². The number of nitrogens with zero attached hydrogens (tertiary/aromatic N) is 1. The first kappa shape index (κ1) is 15.6. The lowest BCUT2D eigenvalue weighted by Gasteiger charge is -2.40. The van der Waals surface area contributed by atoms with E-state index in [4.69, 9.17) is 14.6 Å². The van der Waals surface area contributed by atoms with E-state index in [1.165, 1.54) is 7.11 Å². The van der Waals surface area contributed by atoms with Crippen LogP contribution in [-0.2, 0) is 14.3 Å². The van der Waals surface area contributed by atoms with Gasteiger partial charge in [0.25, 0.3) is 0 Å². The molecule has 2 fully saturated rings. The quantitative estimate of drug-likeness (QED) is 0.420. The number of alkyl halides is 1. The summed E-state index contributed by atoms with van der Waals surface area (Å²) in [6.07, 6.45) is -6.04. The fourth-order valence-electron chi connectivity index (χ4n) is 2.23. The average molecular weight is 355 g/mol. The van der Waals surface area contributed by atoms with Crippen LogP contribution in [-0.4, -0.2) is 81.5 Å². The molecule has 0 bridgehead atoms. The van der Waals surface area contributed by atoms with Gasteiger partial charge in [-0.05, 0) is 0 Å². The van der Waals surface area contributed by atoms with Crippen molar-refractivity contribution in [3.05, 3.63) is 0 Å². The summed E-state index contributed by atoms with van der Waals surface area (Å²) in [7, 11) is 1.29. The average Bonchev–Trinajstić information content (AvgIpc) is 2.70. The molecule has 20 heavy (non-hydrogen) atoms. The van der Waals surface area contributed by atoms with Gasteiger partial charge in [0.05, 0.1) is 6.61 Å². The van der Waals surface area contributed by atoms with E-state index >= 15 is 0 Å². The molecule has 2 heterocycles. The molecule has 0 aromatic rings. The van der Waals surface area contributed by atoms with Crippen LogP contribution in [0.3, 0.4) is 0 Å². The van der Waals surface area contributed by atoms with Gasteiger partial charge in [0.2, 0.25) is 5.91 Å².